The van der Waals surface area contributed by atoms with E-state index in [0.717, 1.165) is 11.6 Å². The summed E-state index contributed by atoms with van der Waals surface area (Å²) in [4.78, 5) is 24.2. The first-order valence-electron chi connectivity index (χ1n) is 8.66. The van der Waals surface area contributed by atoms with Crippen molar-refractivity contribution in [2.24, 2.45) is 0 Å². The van der Waals surface area contributed by atoms with Crippen LogP contribution in [0.2, 0.25) is 25.7 Å². The molecular formula is C19H30NO4Si+. The second-order valence-corrected chi connectivity index (χ2v) is 12.9. The molecule has 25 heavy (non-hydrogen) atoms. The molecule has 0 fully saturated rings. The van der Waals surface area contributed by atoms with Gasteiger partial charge in [0.25, 0.3) is 0 Å². The molecule has 0 saturated carbocycles. The van der Waals surface area contributed by atoms with Gasteiger partial charge in [-0.3, -0.25) is 0 Å². The highest BCUT2D eigenvalue weighted by Gasteiger charge is 2.33. The van der Waals surface area contributed by atoms with E-state index in [9.17, 15) is 9.59 Å². The maximum Gasteiger partial charge on any atom is 0.408 e. The highest BCUT2D eigenvalue weighted by atomic mass is 28.3. The van der Waals surface area contributed by atoms with Gasteiger partial charge < -0.3 is 14.8 Å². The van der Waals surface area contributed by atoms with Gasteiger partial charge in [-0.15, -0.1) is 0 Å². The Morgan fingerprint density at radius 3 is 2.36 bits per heavy atom. The van der Waals surface area contributed by atoms with E-state index >= 15 is 0 Å². The number of carbonyl (C=O) groups excluding carboxylic acids is 2. The molecule has 6 heteroatoms. The number of rotatable bonds is 9. The van der Waals surface area contributed by atoms with Crippen LogP contribution < -0.4 is 5.32 Å². The van der Waals surface area contributed by atoms with Crippen LogP contribution in [0.4, 0.5) is 4.79 Å². The standard InChI is InChI=1S/C19H29NO4Si/c1-6-23-18(21)17(12-15(2)14-25(3,4)5)20-19(22)24-13-16-10-8-7-9-11-16/h7-11,17H,6,12-14H2,1-5H3/p+1/t17-/m0/s1. The van der Waals surface area contributed by atoms with Gasteiger partial charge in [-0.1, -0.05) is 50.0 Å². The lowest BCUT2D eigenvalue weighted by Crippen LogP contribution is -2.43. The van der Waals surface area contributed by atoms with Gasteiger partial charge in [-0.25, -0.2) is 9.59 Å². The molecule has 5 nitrogen and oxygen atoms in total. The van der Waals surface area contributed by atoms with E-state index in [0.29, 0.717) is 6.42 Å². The van der Waals surface area contributed by atoms with Crippen LogP contribution in [-0.4, -0.2) is 32.8 Å². The molecular weight excluding hydrogens is 334 g/mol. The van der Waals surface area contributed by atoms with E-state index in [1.807, 2.05) is 37.3 Å². The Kier molecular flexibility index (Phi) is 8.55. The van der Waals surface area contributed by atoms with Crippen molar-refractivity contribution in [1.29, 1.82) is 0 Å². The number of ether oxygens (including phenoxy) is 2. The van der Waals surface area contributed by atoms with Gasteiger partial charge in [0.15, 0.2) is 6.04 Å². The lowest BCUT2D eigenvalue weighted by molar-refractivity contribution is -0.145. The molecule has 0 heterocycles. The van der Waals surface area contributed by atoms with Crippen molar-refractivity contribution in [2.45, 2.75) is 58.6 Å². The Labute approximate surface area is 152 Å². The zero-order valence-electron chi connectivity index (χ0n) is 15.9. The molecule has 1 atom stereocenters. The molecule has 1 aromatic carbocycles. The van der Waals surface area contributed by atoms with E-state index in [-0.39, 0.29) is 13.2 Å². The SMILES string of the molecule is CCOC(=O)[C@H](C[C+](C)C[Si](C)(C)C)NC(=O)OCc1ccccc1. The summed E-state index contributed by atoms with van der Waals surface area (Å²) in [5, 5.41) is 2.65. The van der Waals surface area contributed by atoms with Crippen LogP contribution in [0.5, 0.6) is 0 Å². The van der Waals surface area contributed by atoms with Gasteiger partial charge in [-0.05, 0) is 12.5 Å². The van der Waals surface area contributed by atoms with Crippen molar-refractivity contribution < 1.29 is 19.1 Å². The number of benzene rings is 1. The minimum atomic E-state index is -1.27. The first kappa shape index (κ1) is 21.1. The Bertz CT molecular complexity index is 542. The summed E-state index contributed by atoms with van der Waals surface area (Å²) in [5.74, 6) is 0.773. The largest absolute Gasteiger partial charge is 0.464 e. The molecule has 138 valence electrons. The second kappa shape index (κ2) is 10.1. The number of nitrogens with one attached hydrogen (secondary N) is 1. The smallest absolute Gasteiger partial charge is 0.408 e. The van der Waals surface area contributed by atoms with E-state index < -0.39 is 26.2 Å². The molecule has 1 N–H and O–H groups in total. The van der Waals surface area contributed by atoms with Crippen molar-refractivity contribution in [2.75, 3.05) is 6.61 Å². The molecule has 0 spiro atoms. The lowest BCUT2D eigenvalue weighted by atomic mass is 10.0. The van der Waals surface area contributed by atoms with Crippen molar-refractivity contribution >= 4 is 20.1 Å². The fraction of sp³-hybridized carbons (Fsp3) is 0.526. The summed E-state index contributed by atoms with van der Waals surface area (Å²) in [6.07, 6.45) is -0.133. The highest BCUT2D eigenvalue weighted by Crippen LogP contribution is 2.23. The van der Waals surface area contributed by atoms with Crippen LogP contribution in [0.15, 0.2) is 30.3 Å². The summed E-state index contributed by atoms with van der Waals surface area (Å²) < 4.78 is 10.3. The third kappa shape index (κ3) is 9.19. The quantitative estimate of drug-likeness (QED) is 0.406. The molecule has 0 unspecified atom stereocenters. The van der Waals surface area contributed by atoms with Gasteiger partial charge in [-0.2, -0.15) is 0 Å². The molecule has 0 aliphatic carbocycles. The van der Waals surface area contributed by atoms with Crippen LogP contribution in [0.1, 0.15) is 25.8 Å². The highest BCUT2D eigenvalue weighted by molar-refractivity contribution is 6.76. The average Bonchev–Trinajstić information content (AvgIpc) is 2.51. The molecule has 0 aromatic heterocycles. The topological polar surface area (TPSA) is 64.6 Å². The maximum absolute atomic E-state index is 12.2. The monoisotopic (exact) mass is 364 g/mol. The molecule has 1 rings (SSSR count). The second-order valence-electron chi connectivity index (χ2n) is 7.41. The number of hydrogen-bond donors (Lipinski definition) is 1. The van der Waals surface area contributed by atoms with Crippen LogP contribution in [0.3, 0.4) is 0 Å². The Balaban J connectivity index is 2.59. The Morgan fingerprint density at radius 1 is 1.16 bits per heavy atom. The lowest BCUT2D eigenvalue weighted by Gasteiger charge is -2.19. The van der Waals surface area contributed by atoms with Crippen LogP contribution in [-0.2, 0) is 20.9 Å². The normalized spacial score (nSPS) is 12.2. The van der Waals surface area contributed by atoms with Gasteiger partial charge >= 0.3 is 12.1 Å². The minimum Gasteiger partial charge on any atom is -0.464 e. The van der Waals surface area contributed by atoms with E-state index in [1.165, 1.54) is 5.92 Å². The number of amides is 1. The predicted molar refractivity (Wildman–Crippen MR) is 102 cm³/mol. The zero-order chi connectivity index (χ0) is 18.9. The first-order chi connectivity index (χ1) is 11.7. The van der Waals surface area contributed by atoms with Gasteiger partial charge in [0.2, 0.25) is 0 Å². The summed E-state index contributed by atoms with van der Waals surface area (Å²) in [6.45, 7) is 11.1. The van der Waals surface area contributed by atoms with Crippen LogP contribution in [0.25, 0.3) is 0 Å². The average molecular weight is 365 g/mol. The van der Waals surface area contributed by atoms with Gasteiger partial charge in [0, 0.05) is 0 Å². The molecule has 0 aliphatic heterocycles. The summed E-state index contributed by atoms with van der Waals surface area (Å²) in [5.41, 5.74) is 0.895. The molecule has 1 amide bonds. The van der Waals surface area contributed by atoms with E-state index in [1.54, 1.807) is 6.92 Å². The molecule has 1 aromatic rings. The fourth-order valence-electron chi connectivity index (χ4n) is 2.67. The number of esters is 1. The molecule has 0 saturated heterocycles. The maximum atomic E-state index is 12.2. The van der Waals surface area contributed by atoms with Crippen molar-refractivity contribution in [3.05, 3.63) is 41.8 Å². The van der Waals surface area contributed by atoms with Crippen molar-refractivity contribution in [1.82, 2.24) is 5.32 Å². The molecule has 0 radical (unpaired) electrons. The summed E-state index contributed by atoms with van der Waals surface area (Å²) in [6, 6.07) is 9.71. The minimum absolute atomic E-state index is 0.166. The summed E-state index contributed by atoms with van der Waals surface area (Å²) in [7, 11) is -1.27. The number of hydrogen-bond acceptors (Lipinski definition) is 4. The van der Waals surface area contributed by atoms with Crippen molar-refractivity contribution in [3.8, 4) is 0 Å². The summed E-state index contributed by atoms with van der Waals surface area (Å²) >= 11 is 0. The molecule has 0 bridgehead atoms. The van der Waals surface area contributed by atoms with Crippen LogP contribution in [0, 0.1) is 5.92 Å². The van der Waals surface area contributed by atoms with Crippen LogP contribution >= 0.6 is 0 Å². The number of alkyl carbamates (subject to hydrolysis) is 1. The fourth-order valence-corrected chi connectivity index (χ4v) is 4.62. The molecule has 0 aliphatic rings. The first-order valence-corrected chi connectivity index (χ1v) is 12.4. The van der Waals surface area contributed by atoms with Gasteiger partial charge in [0.05, 0.1) is 33.6 Å². The van der Waals surface area contributed by atoms with E-state index in [2.05, 4.69) is 25.0 Å². The Hall–Kier alpha value is -1.95. The third-order valence-electron chi connectivity index (χ3n) is 3.46. The Morgan fingerprint density at radius 2 is 1.80 bits per heavy atom. The van der Waals surface area contributed by atoms with Gasteiger partial charge in [0.1, 0.15) is 13.0 Å². The predicted octanol–water partition coefficient (Wildman–Crippen LogP) is 4.17. The third-order valence-corrected chi connectivity index (χ3v) is 5.12. The zero-order valence-corrected chi connectivity index (χ0v) is 16.9. The van der Waals surface area contributed by atoms with Crippen molar-refractivity contribution in [3.63, 3.8) is 0 Å². The van der Waals surface area contributed by atoms with E-state index in [4.69, 9.17) is 9.47 Å². The number of carbonyl (C=O) groups is 2.